The van der Waals surface area contributed by atoms with Crippen LogP contribution in [0.5, 0.6) is 0 Å². The average molecular weight is 355 g/mol. The molecular weight excluding hydrogens is 330 g/mol. The molecule has 7 nitrogen and oxygen atoms in total. The van der Waals surface area contributed by atoms with Gasteiger partial charge in [0.05, 0.1) is 5.75 Å². The average Bonchev–Trinajstić information content (AvgIpc) is 3.09. The van der Waals surface area contributed by atoms with Crippen molar-refractivity contribution in [1.29, 1.82) is 0 Å². The van der Waals surface area contributed by atoms with Crippen LogP contribution in [0, 0.1) is 16.7 Å². The summed E-state index contributed by atoms with van der Waals surface area (Å²) < 4.78 is 32.7. The van der Waals surface area contributed by atoms with Gasteiger partial charge in [-0.25, -0.2) is 13.1 Å². The number of hydrogen-bond acceptors (Lipinski definition) is 6. The number of aromatic nitrogens is 2. The third-order valence-electron chi connectivity index (χ3n) is 6.06. The summed E-state index contributed by atoms with van der Waals surface area (Å²) in [6, 6.07) is 0. The molecular formula is C16H25N3O4S. The third-order valence-corrected chi connectivity index (χ3v) is 7.58. The van der Waals surface area contributed by atoms with E-state index in [2.05, 4.69) is 14.9 Å². The van der Waals surface area contributed by atoms with Crippen LogP contribution in [0.1, 0.15) is 51.7 Å². The Balaban J connectivity index is 1.63. The summed E-state index contributed by atoms with van der Waals surface area (Å²) in [7, 11) is -3.54. The van der Waals surface area contributed by atoms with Gasteiger partial charge in [0.25, 0.3) is 0 Å². The molecule has 2 atom stereocenters. The zero-order valence-electron chi connectivity index (χ0n) is 14.5. The molecule has 134 valence electrons. The molecule has 1 N–H and O–H groups in total. The molecule has 1 aromatic heterocycles. The number of carbonyl (C=O) groups excluding carboxylic acids is 1. The van der Waals surface area contributed by atoms with E-state index in [1.54, 1.807) is 0 Å². The SMILES string of the molecule is CCc1noc(CCNS(=O)(=O)C[C@]23CC[C@H](CC2=O)C3(C)C)n1. The molecule has 2 saturated carbocycles. The van der Waals surface area contributed by atoms with Gasteiger partial charge in [-0.1, -0.05) is 25.9 Å². The molecule has 3 rings (SSSR count). The monoisotopic (exact) mass is 355 g/mol. The van der Waals surface area contributed by atoms with Crippen molar-refractivity contribution < 1.29 is 17.7 Å². The number of hydrogen-bond donors (Lipinski definition) is 1. The Morgan fingerprint density at radius 2 is 2.12 bits per heavy atom. The first-order chi connectivity index (χ1) is 11.2. The standard InChI is InChI=1S/C16H25N3O4S/c1-4-13-18-14(23-19-13)6-8-17-24(21,22)10-16-7-5-11(9-12(16)20)15(16,2)3/h11,17H,4-10H2,1-3H3/t11-,16-/m1/s1. The molecule has 2 aliphatic rings. The first-order valence-electron chi connectivity index (χ1n) is 8.52. The van der Waals surface area contributed by atoms with Crippen LogP contribution in [-0.2, 0) is 27.7 Å². The molecule has 2 fully saturated rings. The number of nitrogens with one attached hydrogen (secondary N) is 1. The minimum Gasteiger partial charge on any atom is -0.339 e. The number of nitrogens with zero attached hydrogens (tertiary/aromatic N) is 2. The molecule has 0 spiro atoms. The predicted octanol–water partition coefficient (Wildman–Crippen LogP) is 1.49. The van der Waals surface area contributed by atoms with Gasteiger partial charge in [0.2, 0.25) is 15.9 Å². The summed E-state index contributed by atoms with van der Waals surface area (Å²) in [5.74, 6) is 1.34. The minimum absolute atomic E-state index is 0.110. The van der Waals surface area contributed by atoms with Crippen molar-refractivity contribution in [2.24, 2.45) is 16.7 Å². The first kappa shape index (κ1) is 17.5. The minimum atomic E-state index is -3.54. The molecule has 0 unspecified atom stereocenters. The number of Topliss-reactive ketones (excluding diaryl/α,β-unsaturated/α-hetero) is 1. The lowest BCUT2D eigenvalue weighted by Gasteiger charge is -2.36. The molecule has 0 radical (unpaired) electrons. The van der Waals surface area contributed by atoms with Gasteiger partial charge in [-0.05, 0) is 24.2 Å². The maximum Gasteiger partial charge on any atom is 0.227 e. The van der Waals surface area contributed by atoms with Crippen molar-refractivity contribution in [3.63, 3.8) is 0 Å². The van der Waals surface area contributed by atoms with E-state index in [9.17, 15) is 13.2 Å². The number of fused-ring (bicyclic) bond motifs is 2. The summed E-state index contributed by atoms with van der Waals surface area (Å²) in [4.78, 5) is 16.6. The summed E-state index contributed by atoms with van der Waals surface area (Å²) in [6.45, 7) is 6.19. The van der Waals surface area contributed by atoms with E-state index in [1.807, 2.05) is 20.8 Å². The Morgan fingerprint density at radius 3 is 2.67 bits per heavy atom. The van der Waals surface area contributed by atoms with Gasteiger partial charge in [0.15, 0.2) is 5.82 Å². The van der Waals surface area contributed by atoms with Gasteiger partial charge in [-0.15, -0.1) is 0 Å². The second-order valence-corrected chi connectivity index (χ2v) is 9.33. The largest absolute Gasteiger partial charge is 0.339 e. The van der Waals surface area contributed by atoms with Gasteiger partial charge < -0.3 is 4.52 Å². The molecule has 2 aliphatic carbocycles. The van der Waals surface area contributed by atoms with Crippen molar-refractivity contribution in [2.75, 3.05) is 12.3 Å². The second kappa shape index (κ2) is 5.91. The lowest BCUT2D eigenvalue weighted by Crippen LogP contribution is -2.45. The lowest BCUT2D eigenvalue weighted by atomic mass is 9.70. The maximum atomic E-state index is 12.5. The van der Waals surface area contributed by atoms with Crippen LogP contribution in [0.15, 0.2) is 4.52 Å². The highest BCUT2D eigenvalue weighted by atomic mass is 32.2. The summed E-state index contributed by atoms with van der Waals surface area (Å²) >= 11 is 0. The van der Waals surface area contributed by atoms with Crippen molar-refractivity contribution in [2.45, 2.75) is 52.9 Å². The predicted molar refractivity (Wildman–Crippen MR) is 87.7 cm³/mol. The Hall–Kier alpha value is -1.28. The Bertz CT molecular complexity index is 740. The number of ketones is 1. The molecule has 0 aromatic carbocycles. The van der Waals surface area contributed by atoms with Crippen LogP contribution in [0.3, 0.4) is 0 Å². The van der Waals surface area contributed by atoms with Gasteiger partial charge >= 0.3 is 0 Å². The molecule has 0 amide bonds. The molecule has 8 heteroatoms. The van der Waals surface area contributed by atoms with Crippen molar-refractivity contribution in [3.8, 4) is 0 Å². The quantitative estimate of drug-likeness (QED) is 0.795. The van der Waals surface area contributed by atoms with Gasteiger partial charge in [-0.3, -0.25) is 4.79 Å². The van der Waals surface area contributed by atoms with Crippen LogP contribution in [0.4, 0.5) is 0 Å². The lowest BCUT2D eigenvalue weighted by molar-refractivity contribution is -0.128. The normalized spacial score (nSPS) is 28.6. The van der Waals surface area contributed by atoms with E-state index in [0.29, 0.717) is 43.3 Å². The fraction of sp³-hybridized carbons (Fsp3) is 0.812. The van der Waals surface area contributed by atoms with Gasteiger partial charge in [0, 0.05) is 31.2 Å². The van der Waals surface area contributed by atoms with Crippen LogP contribution >= 0.6 is 0 Å². The fourth-order valence-corrected chi connectivity index (χ4v) is 6.17. The van der Waals surface area contributed by atoms with Crippen molar-refractivity contribution in [1.82, 2.24) is 14.9 Å². The summed E-state index contributed by atoms with van der Waals surface area (Å²) in [5, 5.41) is 3.78. The first-order valence-corrected chi connectivity index (χ1v) is 10.2. The van der Waals surface area contributed by atoms with Crippen LogP contribution < -0.4 is 4.72 Å². The highest BCUT2D eigenvalue weighted by Gasteiger charge is 2.65. The Kier molecular flexibility index (Phi) is 4.32. The van der Waals surface area contributed by atoms with E-state index in [-0.39, 0.29) is 23.5 Å². The maximum absolute atomic E-state index is 12.5. The van der Waals surface area contributed by atoms with E-state index in [4.69, 9.17) is 4.52 Å². The Morgan fingerprint density at radius 1 is 1.38 bits per heavy atom. The zero-order valence-corrected chi connectivity index (χ0v) is 15.3. The van der Waals surface area contributed by atoms with Crippen molar-refractivity contribution >= 4 is 15.8 Å². The third kappa shape index (κ3) is 2.79. The van der Waals surface area contributed by atoms with E-state index in [1.165, 1.54) is 0 Å². The number of carbonyl (C=O) groups is 1. The fourth-order valence-electron chi connectivity index (χ4n) is 4.33. The summed E-state index contributed by atoms with van der Waals surface area (Å²) in [6.07, 6.45) is 3.16. The zero-order chi connectivity index (χ0) is 17.6. The van der Waals surface area contributed by atoms with Gasteiger partial charge in [-0.2, -0.15) is 4.98 Å². The van der Waals surface area contributed by atoms with Crippen LogP contribution in [-0.4, -0.2) is 36.6 Å². The smallest absolute Gasteiger partial charge is 0.227 e. The van der Waals surface area contributed by atoms with E-state index < -0.39 is 15.4 Å². The second-order valence-electron chi connectivity index (χ2n) is 7.53. The van der Waals surface area contributed by atoms with E-state index >= 15 is 0 Å². The molecule has 0 aliphatic heterocycles. The highest BCUT2D eigenvalue weighted by Crippen LogP contribution is 2.64. The van der Waals surface area contributed by atoms with E-state index in [0.717, 1.165) is 6.42 Å². The highest BCUT2D eigenvalue weighted by molar-refractivity contribution is 7.89. The Labute approximate surface area is 142 Å². The number of rotatable bonds is 7. The van der Waals surface area contributed by atoms with Crippen LogP contribution in [0.2, 0.25) is 0 Å². The molecule has 2 bridgehead atoms. The molecule has 1 aromatic rings. The van der Waals surface area contributed by atoms with Crippen molar-refractivity contribution in [3.05, 3.63) is 11.7 Å². The van der Waals surface area contributed by atoms with Crippen LogP contribution in [0.25, 0.3) is 0 Å². The van der Waals surface area contributed by atoms with Gasteiger partial charge in [0.1, 0.15) is 5.78 Å². The molecule has 1 heterocycles. The molecule has 0 saturated heterocycles. The number of sulfonamides is 1. The number of aryl methyl sites for hydroxylation is 1. The topological polar surface area (TPSA) is 102 Å². The molecule has 24 heavy (non-hydrogen) atoms. The summed E-state index contributed by atoms with van der Waals surface area (Å²) in [5.41, 5.74) is -0.981.